The summed E-state index contributed by atoms with van der Waals surface area (Å²) < 4.78 is 11.5. The van der Waals surface area contributed by atoms with E-state index in [1.807, 2.05) is 73.7 Å². The molecule has 2 aromatic carbocycles. The lowest BCUT2D eigenvalue weighted by Crippen LogP contribution is -2.20. The molecule has 7 heteroatoms. The van der Waals surface area contributed by atoms with E-state index in [0.717, 1.165) is 22.3 Å². The number of hydrogen-bond acceptors (Lipinski definition) is 5. The first-order chi connectivity index (χ1) is 16.5. The number of carbonyl (C=O) groups excluding carboxylic acids is 1. The van der Waals surface area contributed by atoms with Crippen LogP contribution in [0.1, 0.15) is 16.9 Å². The third-order valence-electron chi connectivity index (χ3n) is 5.31. The van der Waals surface area contributed by atoms with Crippen LogP contribution in [0.2, 0.25) is 5.02 Å². The van der Waals surface area contributed by atoms with Gasteiger partial charge in [-0.2, -0.15) is 4.98 Å². The molecule has 168 valence electrons. The molecule has 0 saturated heterocycles. The smallest absolute Gasteiger partial charge is 0.244 e. The molecule has 0 bridgehead atoms. The lowest BCUT2D eigenvalue weighted by molar-refractivity contribution is -0.116. The topological polar surface area (TPSA) is 81.2 Å². The fourth-order valence-electron chi connectivity index (χ4n) is 3.41. The average molecular weight is 470 g/mol. The molecule has 3 heterocycles. The number of nitrogens with zero attached hydrogens (tertiary/aromatic N) is 2. The van der Waals surface area contributed by atoms with Crippen LogP contribution in [0.25, 0.3) is 40.1 Å². The van der Waals surface area contributed by atoms with Crippen molar-refractivity contribution in [1.29, 1.82) is 0 Å². The van der Waals surface area contributed by atoms with E-state index < -0.39 is 0 Å². The number of rotatable bonds is 6. The van der Waals surface area contributed by atoms with E-state index in [1.165, 1.54) is 6.08 Å². The molecule has 3 aromatic heterocycles. The Morgan fingerprint density at radius 3 is 2.65 bits per heavy atom. The molecular formula is C27H20ClN3O3. The Kier molecular flexibility index (Phi) is 5.97. The van der Waals surface area contributed by atoms with Crippen molar-refractivity contribution in [1.82, 2.24) is 15.3 Å². The molecule has 0 saturated carbocycles. The lowest BCUT2D eigenvalue weighted by Gasteiger charge is -2.03. The van der Waals surface area contributed by atoms with Crippen LogP contribution in [0.4, 0.5) is 0 Å². The monoisotopic (exact) mass is 469 g/mol. The van der Waals surface area contributed by atoms with E-state index in [0.29, 0.717) is 40.2 Å². The largest absolute Gasteiger partial charge is 0.457 e. The van der Waals surface area contributed by atoms with Crippen molar-refractivity contribution < 1.29 is 13.6 Å². The molecule has 6 nitrogen and oxygen atoms in total. The normalized spacial score (nSPS) is 11.4. The van der Waals surface area contributed by atoms with Gasteiger partial charge >= 0.3 is 0 Å². The van der Waals surface area contributed by atoms with Crippen LogP contribution in [0.3, 0.4) is 0 Å². The number of amides is 1. The van der Waals surface area contributed by atoms with Crippen molar-refractivity contribution in [3.8, 4) is 22.8 Å². The van der Waals surface area contributed by atoms with E-state index in [-0.39, 0.29) is 5.91 Å². The predicted octanol–water partition coefficient (Wildman–Crippen LogP) is 6.44. The Balaban J connectivity index is 1.18. The van der Waals surface area contributed by atoms with Gasteiger partial charge in [0.15, 0.2) is 11.2 Å². The molecule has 0 aliphatic carbocycles. The highest BCUT2D eigenvalue weighted by Crippen LogP contribution is 2.27. The highest BCUT2D eigenvalue weighted by Gasteiger charge is 2.09. The van der Waals surface area contributed by atoms with Crippen LogP contribution < -0.4 is 5.32 Å². The van der Waals surface area contributed by atoms with Crippen LogP contribution in [-0.4, -0.2) is 15.9 Å². The van der Waals surface area contributed by atoms with Crippen molar-refractivity contribution in [2.45, 2.75) is 13.5 Å². The summed E-state index contributed by atoms with van der Waals surface area (Å²) in [5, 5.41) is 3.55. The zero-order chi connectivity index (χ0) is 23.5. The van der Waals surface area contributed by atoms with E-state index in [4.69, 9.17) is 20.4 Å². The maximum Gasteiger partial charge on any atom is 0.244 e. The van der Waals surface area contributed by atoms with Gasteiger partial charge in [0, 0.05) is 35.0 Å². The molecule has 34 heavy (non-hydrogen) atoms. The maximum atomic E-state index is 12.2. The van der Waals surface area contributed by atoms with Gasteiger partial charge in [0.05, 0.1) is 0 Å². The second-order valence-corrected chi connectivity index (χ2v) is 8.17. The van der Waals surface area contributed by atoms with Crippen molar-refractivity contribution in [3.63, 3.8) is 0 Å². The number of fused-ring (bicyclic) bond motifs is 1. The number of pyridine rings is 1. The number of hydrogen-bond donors (Lipinski definition) is 1. The standard InChI is InChI=1S/C27H20ClN3O3/c1-17-4-7-20(15-22(17)28)23-12-10-21(33-23)11-13-25(32)30-16-18-5-8-19(9-6-18)27-31-26-24(34-27)3-2-14-29-26/h2-15H,16H2,1H3,(H,30,32)/b13-11+. The highest BCUT2D eigenvalue weighted by molar-refractivity contribution is 6.31. The summed E-state index contributed by atoms with van der Waals surface area (Å²) >= 11 is 6.20. The third kappa shape index (κ3) is 4.77. The van der Waals surface area contributed by atoms with E-state index in [9.17, 15) is 4.79 Å². The first-order valence-corrected chi connectivity index (χ1v) is 11.1. The Labute approximate surface area is 200 Å². The molecule has 0 aliphatic rings. The minimum atomic E-state index is -0.217. The zero-order valence-corrected chi connectivity index (χ0v) is 19.0. The summed E-state index contributed by atoms with van der Waals surface area (Å²) in [5.74, 6) is 1.57. The number of furan rings is 1. The van der Waals surface area contributed by atoms with Crippen LogP contribution in [-0.2, 0) is 11.3 Å². The number of aryl methyl sites for hydroxylation is 1. The average Bonchev–Trinajstić information content (AvgIpc) is 3.51. The highest BCUT2D eigenvalue weighted by atomic mass is 35.5. The molecule has 1 amide bonds. The minimum Gasteiger partial charge on any atom is -0.457 e. The molecule has 0 fully saturated rings. The summed E-state index contributed by atoms with van der Waals surface area (Å²) in [7, 11) is 0. The van der Waals surface area contributed by atoms with Gasteiger partial charge in [-0.25, -0.2) is 4.98 Å². The molecule has 5 rings (SSSR count). The van der Waals surface area contributed by atoms with Gasteiger partial charge in [-0.1, -0.05) is 35.9 Å². The zero-order valence-electron chi connectivity index (χ0n) is 18.3. The second-order valence-electron chi connectivity index (χ2n) is 7.76. The summed E-state index contributed by atoms with van der Waals surface area (Å²) in [5.41, 5.74) is 4.91. The van der Waals surface area contributed by atoms with Crippen LogP contribution in [0, 0.1) is 6.92 Å². The van der Waals surface area contributed by atoms with Gasteiger partial charge in [-0.15, -0.1) is 0 Å². The molecule has 5 aromatic rings. The van der Waals surface area contributed by atoms with Crippen molar-refractivity contribution in [2.75, 3.05) is 0 Å². The summed E-state index contributed by atoms with van der Waals surface area (Å²) in [6.45, 7) is 2.34. The number of carbonyl (C=O) groups is 1. The van der Waals surface area contributed by atoms with E-state index in [2.05, 4.69) is 15.3 Å². The summed E-state index contributed by atoms with van der Waals surface area (Å²) in [4.78, 5) is 20.8. The number of halogens is 1. The number of aromatic nitrogens is 2. The molecular weight excluding hydrogens is 450 g/mol. The molecule has 0 radical (unpaired) electrons. The van der Waals surface area contributed by atoms with Crippen LogP contribution in [0.15, 0.2) is 87.8 Å². The molecule has 0 aliphatic heterocycles. The van der Waals surface area contributed by atoms with Gasteiger partial charge in [-0.05, 0) is 66.6 Å². The van der Waals surface area contributed by atoms with E-state index >= 15 is 0 Å². The Morgan fingerprint density at radius 1 is 1.03 bits per heavy atom. The van der Waals surface area contributed by atoms with Gasteiger partial charge in [-0.3, -0.25) is 4.79 Å². The number of benzene rings is 2. The van der Waals surface area contributed by atoms with Crippen LogP contribution >= 0.6 is 11.6 Å². The fourth-order valence-corrected chi connectivity index (χ4v) is 3.59. The van der Waals surface area contributed by atoms with E-state index in [1.54, 1.807) is 12.3 Å². The predicted molar refractivity (Wildman–Crippen MR) is 132 cm³/mol. The first kappa shape index (κ1) is 21.7. The molecule has 1 N–H and O–H groups in total. The fraction of sp³-hybridized carbons (Fsp3) is 0.0741. The van der Waals surface area contributed by atoms with Crippen molar-refractivity contribution >= 4 is 34.8 Å². The van der Waals surface area contributed by atoms with Crippen molar-refractivity contribution in [3.05, 3.63) is 101 Å². The minimum absolute atomic E-state index is 0.217. The summed E-state index contributed by atoms with van der Waals surface area (Å²) in [6.07, 6.45) is 4.77. The van der Waals surface area contributed by atoms with Gasteiger partial charge in [0.1, 0.15) is 11.5 Å². The SMILES string of the molecule is Cc1ccc(-c2ccc(/C=C/C(=O)NCc3ccc(-c4nc5ncccc5o4)cc3)o2)cc1Cl. The number of nitrogens with one attached hydrogen (secondary N) is 1. The summed E-state index contributed by atoms with van der Waals surface area (Å²) in [6, 6.07) is 20.7. The lowest BCUT2D eigenvalue weighted by atomic mass is 10.1. The quantitative estimate of drug-likeness (QED) is 0.289. The molecule has 0 unspecified atom stereocenters. The molecule has 0 atom stereocenters. The van der Waals surface area contributed by atoms with Gasteiger partial charge in [0.2, 0.25) is 11.8 Å². The Hall–Kier alpha value is -4.16. The van der Waals surface area contributed by atoms with Crippen LogP contribution in [0.5, 0.6) is 0 Å². The Morgan fingerprint density at radius 2 is 1.85 bits per heavy atom. The van der Waals surface area contributed by atoms with Gasteiger partial charge in [0.25, 0.3) is 0 Å². The van der Waals surface area contributed by atoms with Gasteiger partial charge < -0.3 is 14.2 Å². The van der Waals surface area contributed by atoms with Crippen molar-refractivity contribution in [2.24, 2.45) is 0 Å². The third-order valence-corrected chi connectivity index (χ3v) is 5.72. The first-order valence-electron chi connectivity index (χ1n) is 10.7. The number of oxazole rings is 1. The second kappa shape index (κ2) is 9.37. The Bertz CT molecular complexity index is 1470. The maximum absolute atomic E-state index is 12.2. The molecule has 0 spiro atoms.